The number of amides is 1. The van der Waals surface area contributed by atoms with Crippen molar-refractivity contribution in [3.63, 3.8) is 0 Å². The summed E-state index contributed by atoms with van der Waals surface area (Å²) in [5, 5.41) is 21.6. The number of anilines is 1. The summed E-state index contributed by atoms with van der Waals surface area (Å²) in [6.07, 6.45) is 0. The van der Waals surface area contributed by atoms with Crippen molar-refractivity contribution in [1.29, 1.82) is 0 Å². The van der Waals surface area contributed by atoms with Gasteiger partial charge in [0.15, 0.2) is 16.6 Å². The highest BCUT2D eigenvalue weighted by Crippen LogP contribution is 2.45. The second-order valence-electron chi connectivity index (χ2n) is 8.32. The molecule has 9 nitrogen and oxygen atoms in total. The molecule has 1 unspecified atom stereocenters. The number of rotatable bonds is 5. The molecule has 0 saturated carbocycles. The highest BCUT2D eigenvalue weighted by molar-refractivity contribution is 7.17. The molecule has 1 fully saturated rings. The number of carbonyl (C=O) groups is 3. The van der Waals surface area contributed by atoms with Gasteiger partial charge in [-0.1, -0.05) is 35.1 Å². The minimum Gasteiger partial charge on any atom is -0.507 e. The van der Waals surface area contributed by atoms with Crippen molar-refractivity contribution < 1.29 is 34.1 Å². The number of thiazole rings is 1. The van der Waals surface area contributed by atoms with Crippen LogP contribution in [0.1, 0.15) is 43.7 Å². The molecule has 1 aromatic heterocycles. The summed E-state index contributed by atoms with van der Waals surface area (Å²) in [6.45, 7) is 5.23. The Bertz CT molecular complexity index is 1440. The van der Waals surface area contributed by atoms with Crippen molar-refractivity contribution in [2.24, 2.45) is 0 Å². The molecule has 2 heterocycles. The summed E-state index contributed by atoms with van der Waals surface area (Å²) in [4.78, 5) is 44.6. The molecule has 0 aliphatic carbocycles. The summed E-state index contributed by atoms with van der Waals surface area (Å²) in [7, 11) is 2.61. The van der Waals surface area contributed by atoms with Crippen LogP contribution in [-0.4, -0.2) is 47.1 Å². The Labute approximate surface area is 211 Å². The topological polar surface area (TPSA) is 126 Å². The lowest BCUT2D eigenvalue weighted by Crippen LogP contribution is -2.29. The third kappa shape index (κ3) is 4.09. The number of aliphatic hydroxyl groups excluding tert-OH is 1. The lowest BCUT2D eigenvalue weighted by atomic mass is 9.93. The number of Topliss-reactive ketones (excluding diaryl/α,β-unsaturated/α-hetero) is 1. The molecular formula is C26H24N2O7S. The summed E-state index contributed by atoms with van der Waals surface area (Å²) in [6, 6.07) is 8.70. The van der Waals surface area contributed by atoms with Crippen molar-refractivity contribution in [3.05, 3.63) is 74.8 Å². The number of aromatic hydroxyl groups is 1. The van der Waals surface area contributed by atoms with E-state index in [1.807, 2.05) is 19.1 Å². The van der Waals surface area contributed by atoms with Crippen molar-refractivity contribution in [1.82, 2.24) is 4.98 Å². The van der Waals surface area contributed by atoms with Gasteiger partial charge >= 0.3 is 11.9 Å². The number of hydrogen-bond acceptors (Lipinski definition) is 9. The number of carbonyl (C=O) groups excluding carboxylic acids is 3. The fraction of sp³-hybridized carbons (Fsp3) is 0.231. The number of hydrogen-bond donors (Lipinski definition) is 2. The van der Waals surface area contributed by atoms with Crippen LogP contribution in [0.15, 0.2) is 42.0 Å². The number of aromatic nitrogens is 1. The first kappa shape index (κ1) is 24.9. The number of ketones is 1. The predicted molar refractivity (Wildman–Crippen MR) is 134 cm³/mol. The quantitative estimate of drug-likeness (QED) is 0.227. The van der Waals surface area contributed by atoms with E-state index in [1.54, 1.807) is 19.9 Å². The molecule has 10 heteroatoms. The zero-order valence-electron chi connectivity index (χ0n) is 20.3. The first-order valence-electron chi connectivity index (χ1n) is 10.9. The fourth-order valence-electron chi connectivity index (χ4n) is 4.11. The Balaban J connectivity index is 2.00. The number of aliphatic hydroxyl groups is 1. The van der Waals surface area contributed by atoms with Crippen LogP contribution in [0.25, 0.3) is 5.76 Å². The molecular weight excluding hydrogens is 484 g/mol. The zero-order chi connectivity index (χ0) is 26.3. The first-order valence-corrected chi connectivity index (χ1v) is 11.7. The van der Waals surface area contributed by atoms with Gasteiger partial charge in [-0.2, -0.15) is 0 Å². The van der Waals surface area contributed by atoms with Crippen molar-refractivity contribution in [2.75, 3.05) is 19.1 Å². The van der Waals surface area contributed by atoms with E-state index in [0.29, 0.717) is 22.4 Å². The number of aryl methyl sites for hydroxylation is 3. The number of methoxy groups -OCH3 is 2. The normalized spacial score (nSPS) is 16.9. The van der Waals surface area contributed by atoms with Crippen LogP contribution in [0.4, 0.5) is 5.13 Å². The van der Waals surface area contributed by atoms with Gasteiger partial charge in [-0.05, 0) is 50.1 Å². The van der Waals surface area contributed by atoms with Gasteiger partial charge in [0, 0.05) is 5.56 Å². The lowest BCUT2D eigenvalue weighted by molar-refractivity contribution is -0.132. The van der Waals surface area contributed by atoms with E-state index in [1.165, 1.54) is 32.4 Å². The van der Waals surface area contributed by atoms with E-state index in [9.17, 15) is 24.6 Å². The molecule has 1 amide bonds. The minimum atomic E-state index is -1.10. The van der Waals surface area contributed by atoms with Gasteiger partial charge in [-0.15, -0.1) is 0 Å². The first-order chi connectivity index (χ1) is 17.1. The van der Waals surface area contributed by atoms with Crippen LogP contribution in [0.5, 0.6) is 11.5 Å². The van der Waals surface area contributed by atoms with Gasteiger partial charge in [0.2, 0.25) is 0 Å². The van der Waals surface area contributed by atoms with Gasteiger partial charge in [0.25, 0.3) is 5.78 Å². The van der Waals surface area contributed by atoms with E-state index < -0.39 is 23.7 Å². The van der Waals surface area contributed by atoms with Crippen LogP contribution in [-0.2, 0) is 14.3 Å². The smallest absolute Gasteiger partial charge is 0.350 e. The molecule has 1 aliphatic heterocycles. The standard InChI is InChI=1S/C26H24N2O7S/c1-12-6-7-13(2)16(10-12)21(30)19-20(15-8-9-17(29)18(11-15)34-4)28(24(32)22(19)31)26-27-14(3)23(36-26)25(33)35-5/h6-11,20,29-30H,1-5H3. The maximum atomic E-state index is 13.4. The third-order valence-electron chi connectivity index (χ3n) is 5.97. The molecule has 2 aromatic carbocycles. The Hall–Kier alpha value is -4.18. The lowest BCUT2D eigenvalue weighted by Gasteiger charge is -2.23. The average Bonchev–Trinajstić information content (AvgIpc) is 3.36. The summed E-state index contributed by atoms with van der Waals surface area (Å²) in [5.74, 6) is -2.79. The maximum absolute atomic E-state index is 13.4. The van der Waals surface area contributed by atoms with Crippen molar-refractivity contribution in [2.45, 2.75) is 26.8 Å². The van der Waals surface area contributed by atoms with Crippen LogP contribution >= 0.6 is 11.3 Å². The second kappa shape index (κ2) is 9.46. The van der Waals surface area contributed by atoms with Gasteiger partial charge in [-0.3, -0.25) is 14.5 Å². The predicted octanol–water partition coefficient (Wildman–Crippen LogP) is 4.20. The van der Waals surface area contributed by atoms with E-state index in [0.717, 1.165) is 21.8 Å². The van der Waals surface area contributed by atoms with Gasteiger partial charge in [0.1, 0.15) is 10.6 Å². The minimum absolute atomic E-state index is 0.0899. The Morgan fingerprint density at radius 1 is 1.08 bits per heavy atom. The number of ether oxygens (including phenoxy) is 2. The van der Waals surface area contributed by atoms with Crippen LogP contribution < -0.4 is 9.64 Å². The highest BCUT2D eigenvalue weighted by Gasteiger charge is 2.48. The second-order valence-corrected chi connectivity index (χ2v) is 9.30. The van der Waals surface area contributed by atoms with Gasteiger partial charge in [0.05, 0.1) is 31.5 Å². The van der Waals surface area contributed by atoms with Crippen molar-refractivity contribution >= 4 is 39.9 Å². The van der Waals surface area contributed by atoms with Crippen LogP contribution in [0.2, 0.25) is 0 Å². The Morgan fingerprint density at radius 2 is 1.81 bits per heavy atom. The summed E-state index contributed by atoms with van der Waals surface area (Å²) in [5.41, 5.74) is 2.56. The van der Waals surface area contributed by atoms with E-state index in [-0.39, 0.29) is 32.8 Å². The molecule has 1 saturated heterocycles. The SMILES string of the molecule is COC(=O)c1sc(N2C(=O)C(=O)C(=C(O)c3cc(C)ccc3C)C2c2ccc(O)c(OC)c2)nc1C. The van der Waals surface area contributed by atoms with Gasteiger partial charge in [-0.25, -0.2) is 9.78 Å². The number of phenolic OH excluding ortho intramolecular Hbond substituents is 1. The number of esters is 1. The molecule has 0 bridgehead atoms. The van der Waals surface area contributed by atoms with Crippen LogP contribution in [0, 0.1) is 20.8 Å². The summed E-state index contributed by atoms with van der Waals surface area (Å²) >= 11 is 0.904. The van der Waals surface area contributed by atoms with Crippen LogP contribution in [0.3, 0.4) is 0 Å². The zero-order valence-corrected chi connectivity index (χ0v) is 21.1. The Kier molecular flexibility index (Phi) is 6.55. The van der Waals surface area contributed by atoms with E-state index >= 15 is 0 Å². The Morgan fingerprint density at radius 3 is 2.47 bits per heavy atom. The van der Waals surface area contributed by atoms with Crippen molar-refractivity contribution in [3.8, 4) is 11.5 Å². The fourth-order valence-corrected chi connectivity index (χ4v) is 5.12. The summed E-state index contributed by atoms with van der Waals surface area (Å²) < 4.78 is 10.0. The number of phenols is 1. The molecule has 186 valence electrons. The third-order valence-corrected chi connectivity index (χ3v) is 7.11. The molecule has 0 radical (unpaired) electrons. The highest BCUT2D eigenvalue weighted by atomic mass is 32.1. The molecule has 3 aromatic rings. The number of nitrogens with zero attached hydrogens (tertiary/aromatic N) is 2. The number of benzene rings is 2. The monoisotopic (exact) mass is 508 g/mol. The molecule has 4 rings (SSSR count). The molecule has 36 heavy (non-hydrogen) atoms. The van der Waals surface area contributed by atoms with E-state index in [2.05, 4.69) is 4.98 Å². The molecule has 0 spiro atoms. The van der Waals surface area contributed by atoms with E-state index in [4.69, 9.17) is 9.47 Å². The largest absolute Gasteiger partial charge is 0.507 e. The molecule has 2 N–H and O–H groups in total. The molecule has 1 atom stereocenters. The van der Waals surface area contributed by atoms with Gasteiger partial charge < -0.3 is 19.7 Å². The molecule has 1 aliphatic rings. The average molecular weight is 509 g/mol. The maximum Gasteiger partial charge on any atom is 0.350 e.